The summed E-state index contributed by atoms with van der Waals surface area (Å²) in [5.74, 6) is 1.28. The van der Waals surface area contributed by atoms with Gasteiger partial charge < -0.3 is 9.64 Å². The van der Waals surface area contributed by atoms with Gasteiger partial charge in [-0.3, -0.25) is 4.79 Å². The molecule has 25 heavy (non-hydrogen) atoms. The van der Waals surface area contributed by atoms with E-state index < -0.39 is 0 Å². The van der Waals surface area contributed by atoms with Gasteiger partial charge in [0, 0.05) is 29.0 Å². The molecule has 3 heterocycles. The molecule has 0 unspecified atom stereocenters. The van der Waals surface area contributed by atoms with Gasteiger partial charge in [-0.15, -0.1) is 11.3 Å². The van der Waals surface area contributed by atoms with Gasteiger partial charge in [0.2, 0.25) is 0 Å². The number of nitrogens with zero attached hydrogens (tertiary/aromatic N) is 4. The SMILES string of the molecule is O=C(c1cnc(-c2ncccn2)s1)N1CCOc2cc(Br)ccc2C1. The Balaban J connectivity index is 1.57. The fourth-order valence-corrected chi connectivity index (χ4v) is 3.73. The predicted molar refractivity (Wildman–Crippen MR) is 97.5 cm³/mol. The van der Waals surface area contributed by atoms with Gasteiger partial charge in [0.05, 0.1) is 12.7 Å². The average molecular weight is 417 g/mol. The van der Waals surface area contributed by atoms with Gasteiger partial charge in [0.15, 0.2) is 10.8 Å². The molecule has 1 aliphatic heterocycles. The summed E-state index contributed by atoms with van der Waals surface area (Å²) in [5.41, 5.74) is 0.991. The first-order chi connectivity index (χ1) is 12.2. The van der Waals surface area contributed by atoms with Gasteiger partial charge >= 0.3 is 0 Å². The summed E-state index contributed by atoms with van der Waals surface area (Å²) in [5, 5.41) is 0.638. The van der Waals surface area contributed by atoms with Crippen LogP contribution in [0.15, 0.2) is 47.3 Å². The van der Waals surface area contributed by atoms with E-state index in [9.17, 15) is 4.79 Å². The van der Waals surface area contributed by atoms with Crippen molar-refractivity contribution in [1.82, 2.24) is 19.9 Å². The van der Waals surface area contributed by atoms with E-state index in [1.54, 1.807) is 29.6 Å². The third-order valence-electron chi connectivity index (χ3n) is 3.77. The highest BCUT2D eigenvalue weighted by Gasteiger charge is 2.23. The second-order valence-corrected chi connectivity index (χ2v) is 7.38. The van der Waals surface area contributed by atoms with Crippen molar-refractivity contribution in [2.24, 2.45) is 0 Å². The first-order valence-electron chi connectivity index (χ1n) is 7.64. The Bertz CT molecular complexity index is 916. The van der Waals surface area contributed by atoms with Crippen molar-refractivity contribution in [3.63, 3.8) is 0 Å². The van der Waals surface area contributed by atoms with E-state index in [-0.39, 0.29) is 5.91 Å². The Labute approximate surface area is 156 Å². The van der Waals surface area contributed by atoms with Crippen molar-refractivity contribution in [2.45, 2.75) is 6.54 Å². The van der Waals surface area contributed by atoms with Crippen LogP contribution in [0.2, 0.25) is 0 Å². The van der Waals surface area contributed by atoms with Gasteiger partial charge in [-0.1, -0.05) is 22.0 Å². The molecule has 0 spiro atoms. The van der Waals surface area contributed by atoms with E-state index in [1.165, 1.54) is 11.3 Å². The fourth-order valence-electron chi connectivity index (χ4n) is 2.56. The highest BCUT2D eigenvalue weighted by atomic mass is 79.9. The first kappa shape index (κ1) is 16.2. The van der Waals surface area contributed by atoms with Crippen LogP contribution >= 0.6 is 27.3 Å². The van der Waals surface area contributed by atoms with Crippen LogP contribution in [0.25, 0.3) is 10.8 Å². The molecular weight excluding hydrogens is 404 g/mol. The minimum atomic E-state index is -0.0564. The molecule has 3 aromatic rings. The molecule has 0 radical (unpaired) electrons. The van der Waals surface area contributed by atoms with Gasteiger partial charge in [0.25, 0.3) is 5.91 Å². The van der Waals surface area contributed by atoms with Crippen molar-refractivity contribution >= 4 is 33.2 Å². The zero-order chi connectivity index (χ0) is 17.2. The third-order valence-corrected chi connectivity index (χ3v) is 5.24. The van der Waals surface area contributed by atoms with E-state index in [0.717, 1.165) is 15.8 Å². The van der Waals surface area contributed by atoms with Crippen LogP contribution in [0.1, 0.15) is 15.2 Å². The third kappa shape index (κ3) is 3.40. The molecule has 0 saturated carbocycles. The number of aromatic nitrogens is 3. The fraction of sp³-hybridized carbons (Fsp3) is 0.176. The van der Waals surface area contributed by atoms with Crippen LogP contribution < -0.4 is 4.74 Å². The summed E-state index contributed by atoms with van der Waals surface area (Å²) in [6.07, 6.45) is 4.91. The molecule has 2 aromatic heterocycles. The molecule has 0 saturated heterocycles. The van der Waals surface area contributed by atoms with E-state index in [4.69, 9.17) is 4.74 Å². The molecule has 0 fully saturated rings. The second kappa shape index (κ2) is 6.89. The summed E-state index contributed by atoms with van der Waals surface area (Å²) in [4.78, 5) is 27.9. The number of carbonyl (C=O) groups excluding carboxylic acids is 1. The Morgan fingerprint density at radius 1 is 1.24 bits per heavy atom. The standard InChI is InChI=1S/C17H13BrN4O2S/c18-12-3-2-11-10-22(6-7-24-13(11)8-12)17(23)14-9-21-16(25-14)15-19-4-1-5-20-15/h1-5,8-9H,6-7,10H2. The first-order valence-corrected chi connectivity index (χ1v) is 9.25. The molecule has 8 heteroatoms. The Kier molecular flexibility index (Phi) is 4.46. The zero-order valence-corrected chi connectivity index (χ0v) is 15.5. The van der Waals surface area contributed by atoms with E-state index >= 15 is 0 Å². The number of rotatable bonds is 2. The van der Waals surface area contributed by atoms with Crippen LogP contribution in [0.5, 0.6) is 5.75 Å². The lowest BCUT2D eigenvalue weighted by Crippen LogP contribution is -2.31. The molecule has 126 valence electrons. The molecule has 6 nitrogen and oxygen atoms in total. The number of ether oxygens (including phenoxy) is 1. The lowest BCUT2D eigenvalue weighted by Gasteiger charge is -2.18. The van der Waals surface area contributed by atoms with Crippen LogP contribution in [-0.2, 0) is 6.54 Å². The minimum absolute atomic E-state index is 0.0564. The van der Waals surface area contributed by atoms with E-state index in [0.29, 0.717) is 35.4 Å². The van der Waals surface area contributed by atoms with Crippen molar-refractivity contribution in [3.05, 3.63) is 57.8 Å². The molecule has 1 amide bonds. The summed E-state index contributed by atoms with van der Waals surface area (Å²) in [6.45, 7) is 1.50. The molecule has 0 atom stereocenters. The normalized spacial score (nSPS) is 13.7. The molecule has 4 rings (SSSR count). The second-order valence-electron chi connectivity index (χ2n) is 5.43. The van der Waals surface area contributed by atoms with Crippen molar-refractivity contribution in [1.29, 1.82) is 0 Å². The van der Waals surface area contributed by atoms with E-state index in [1.807, 2.05) is 18.2 Å². The summed E-state index contributed by atoms with van der Waals surface area (Å²) in [6, 6.07) is 7.60. The molecule has 0 bridgehead atoms. The van der Waals surface area contributed by atoms with Gasteiger partial charge in [0.1, 0.15) is 17.2 Å². The molecule has 0 aliphatic carbocycles. The number of thiazole rings is 1. The molecular formula is C17H13BrN4O2S. The number of carbonyl (C=O) groups is 1. The maximum atomic E-state index is 12.9. The zero-order valence-electron chi connectivity index (χ0n) is 13.1. The highest BCUT2D eigenvalue weighted by molar-refractivity contribution is 9.10. The lowest BCUT2D eigenvalue weighted by atomic mass is 10.2. The quantitative estimate of drug-likeness (QED) is 0.640. The van der Waals surface area contributed by atoms with Gasteiger partial charge in [-0.05, 0) is 18.2 Å². The minimum Gasteiger partial charge on any atom is -0.491 e. The number of benzene rings is 1. The highest BCUT2D eigenvalue weighted by Crippen LogP contribution is 2.29. The van der Waals surface area contributed by atoms with E-state index in [2.05, 4.69) is 30.9 Å². The van der Waals surface area contributed by atoms with Crippen molar-refractivity contribution < 1.29 is 9.53 Å². The molecule has 1 aliphatic rings. The van der Waals surface area contributed by atoms with Gasteiger partial charge in [-0.25, -0.2) is 15.0 Å². The average Bonchev–Trinajstić information content (AvgIpc) is 3.03. The smallest absolute Gasteiger partial charge is 0.266 e. The van der Waals surface area contributed by atoms with Crippen molar-refractivity contribution in [2.75, 3.05) is 13.2 Å². The lowest BCUT2D eigenvalue weighted by molar-refractivity contribution is 0.0738. The van der Waals surface area contributed by atoms with Crippen LogP contribution in [0.4, 0.5) is 0 Å². The predicted octanol–water partition coefficient (Wildman–Crippen LogP) is 3.40. The number of amides is 1. The number of hydrogen-bond acceptors (Lipinski definition) is 6. The van der Waals surface area contributed by atoms with Crippen LogP contribution in [-0.4, -0.2) is 38.9 Å². The maximum absolute atomic E-state index is 12.9. The maximum Gasteiger partial charge on any atom is 0.266 e. The Morgan fingerprint density at radius 3 is 2.92 bits per heavy atom. The molecule has 0 N–H and O–H groups in total. The number of halogens is 1. The number of hydrogen-bond donors (Lipinski definition) is 0. The Hall–Kier alpha value is -2.32. The summed E-state index contributed by atoms with van der Waals surface area (Å²) in [7, 11) is 0. The topological polar surface area (TPSA) is 68.2 Å². The summed E-state index contributed by atoms with van der Waals surface area (Å²) < 4.78 is 6.72. The largest absolute Gasteiger partial charge is 0.491 e. The molecule has 1 aromatic carbocycles. The monoisotopic (exact) mass is 416 g/mol. The number of fused-ring (bicyclic) bond motifs is 1. The van der Waals surface area contributed by atoms with Crippen LogP contribution in [0, 0.1) is 0 Å². The summed E-state index contributed by atoms with van der Waals surface area (Å²) >= 11 is 4.75. The Morgan fingerprint density at radius 2 is 2.08 bits per heavy atom. The van der Waals surface area contributed by atoms with Crippen molar-refractivity contribution in [3.8, 4) is 16.6 Å². The van der Waals surface area contributed by atoms with Gasteiger partial charge in [-0.2, -0.15) is 0 Å². The van der Waals surface area contributed by atoms with Crippen LogP contribution in [0.3, 0.4) is 0 Å².